The zero-order valence-corrected chi connectivity index (χ0v) is 20.6. The van der Waals surface area contributed by atoms with Gasteiger partial charge in [-0.15, -0.1) is 0 Å². The minimum absolute atomic E-state index is 0.0285. The van der Waals surface area contributed by atoms with Crippen LogP contribution in [-0.2, 0) is 16.1 Å². The fourth-order valence-electron chi connectivity index (χ4n) is 4.10. The second kappa shape index (κ2) is 11.5. The van der Waals surface area contributed by atoms with Gasteiger partial charge in [0.1, 0.15) is 5.69 Å². The van der Waals surface area contributed by atoms with E-state index in [1.165, 1.54) is 0 Å². The molecule has 1 aromatic heterocycles. The van der Waals surface area contributed by atoms with Crippen LogP contribution < -0.4 is 10.6 Å². The van der Waals surface area contributed by atoms with Crippen molar-refractivity contribution in [2.45, 2.75) is 64.5 Å². The first kappa shape index (κ1) is 26.4. The topological polar surface area (TPSA) is 138 Å². The second-order valence-electron chi connectivity index (χ2n) is 9.64. The summed E-state index contributed by atoms with van der Waals surface area (Å²) >= 11 is 0. The van der Waals surface area contributed by atoms with Crippen molar-refractivity contribution in [3.63, 3.8) is 0 Å². The molecule has 2 amide bonds. The Hall–Kier alpha value is -3.18. The van der Waals surface area contributed by atoms with Gasteiger partial charge in [-0.25, -0.2) is 0 Å². The maximum Gasteiger partial charge on any atom is 0.475 e. The van der Waals surface area contributed by atoms with Crippen LogP contribution in [0.15, 0.2) is 47.8 Å². The Bertz CT molecular complexity index is 1040. The molecule has 0 saturated heterocycles. The molecule has 0 radical (unpaired) electrons. The van der Waals surface area contributed by atoms with E-state index < -0.39 is 24.6 Å². The van der Waals surface area contributed by atoms with Crippen LogP contribution in [0.5, 0.6) is 0 Å². The molecular formula is C24H34BN5O5. The lowest BCUT2D eigenvalue weighted by Gasteiger charge is -2.29. The van der Waals surface area contributed by atoms with Crippen LogP contribution in [0.4, 0.5) is 0 Å². The molecule has 0 saturated carbocycles. The third-order valence-corrected chi connectivity index (χ3v) is 5.83. The molecule has 35 heavy (non-hydrogen) atoms. The first-order chi connectivity index (χ1) is 16.6. The summed E-state index contributed by atoms with van der Waals surface area (Å²) < 4.78 is 1.63. The standard InChI is InChI=1S/C24H34BN5O5/c1-16(2)12-21(25(33)34)28-23(32)24(13-18-8-6-5-7-9-18)14-19(29-35-24)15-26-22(31)20-10-11-27-30(20)17(3)4/h5-11,16-17,21,33-34H,12-15H2,1-4H3,(H,26,31)(H,28,32). The van der Waals surface area contributed by atoms with Gasteiger partial charge in [-0.1, -0.05) is 49.3 Å². The number of rotatable bonds is 11. The maximum absolute atomic E-state index is 13.4. The van der Waals surface area contributed by atoms with Crippen molar-refractivity contribution in [3.05, 3.63) is 53.9 Å². The SMILES string of the molecule is CC(C)CC(NC(=O)C1(Cc2ccccc2)CC(CNC(=O)c2ccnn2C(C)C)=NO1)B(O)O. The van der Waals surface area contributed by atoms with Gasteiger partial charge in [-0.3, -0.25) is 14.3 Å². The summed E-state index contributed by atoms with van der Waals surface area (Å²) in [4.78, 5) is 31.9. The van der Waals surface area contributed by atoms with E-state index in [-0.39, 0.29) is 37.3 Å². The van der Waals surface area contributed by atoms with Crippen LogP contribution in [0, 0.1) is 5.92 Å². The van der Waals surface area contributed by atoms with Crippen LogP contribution in [0.1, 0.15) is 62.6 Å². The molecule has 0 bridgehead atoms. The molecule has 10 nitrogen and oxygen atoms in total. The summed E-state index contributed by atoms with van der Waals surface area (Å²) in [5, 5.41) is 33.5. The quantitative estimate of drug-likeness (QED) is 0.358. The van der Waals surface area contributed by atoms with Gasteiger partial charge in [0.25, 0.3) is 11.8 Å². The Morgan fingerprint density at radius 3 is 2.51 bits per heavy atom. The van der Waals surface area contributed by atoms with Crippen LogP contribution >= 0.6 is 0 Å². The fraction of sp³-hybridized carbons (Fsp3) is 0.500. The smallest absolute Gasteiger partial charge is 0.426 e. The van der Waals surface area contributed by atoms with Gasteiger partial charge in [-0.05, 0) is 37.8 Å². The molecule has 2 heterocycles. The number of hydrogen-bond donors (Lipinski definition) is 4. The molecule has 1 aliphatic heterocycles. The van der Waals surface area contributed by atoms with E-state index in [1.54, 1.807) is 16.9 Å². The Kier molecular flexibility index (Phi) is 8.69. The van der Waals surface area contributed by atoms with Crippen molar-refractivity contribution in [1.82, 2.24) is 20.4 Å². The lowest BCUT2D eigenvalue weighted by Crippen LogP contribution is -2.56. The number of aromatic nitrogens is 2. The van der Waals surface area contributed by atoms with Crippen molar-refractivity contribution in [2.75, 3.05) is 6.54 Å². The Labute approximate surface area is 205 Å². The molecule has 3 rings (SSSR count). The molecule has 1 aromatic carbocycles. The Balaban J connectivity index is 1.73. The Morgan fingerprint density at radius 1 is 1.17 bits per heavy atom. The average molecular weight is 483 g/mol. The highest BCUT2D eigenvalue weighted by Gasteiger charge is 2.48. The lowest BCUT2D eigenvalue weighted by atomic mass is 9.74. The molecule has 2 aromatic rings. The minimum atomic E-state index is -1.71. The van der Waals surface area contributed by atoms with Gasteiger partial charge < -0.3 is 25.5 Å². The van der Waals surface area contributed by atoms with E-state index in [4.69, 9.17) is 4.84 Å². The molecule has 0 fully saturated rings. The van der Waals surface area contributed by atoms with Crippen molar-refractivity contribution >= 4 is 24.6 Å². The molecule has 2 atom stereocenters. The monoisotopic (exact) mass is 483 g/mol. The fourth-order valence-corrected chi connectivity index (χ4v) is 4.10. The molecule has 2 unspecified atom stereocenters. The molecule has 11 heteroatoms. The van der Waals surface area contributed by atoms with Crippen LogP contribution in [-0.4, -0.2) is 62.6 Å². The molecule has 1 aliphatic rings. The van der Waals surface area contributed by atoms with Crippen LogP contribution in [0.25, 0.3) is 0 Å². The predicted molar refractivity (Wildman–Crippen MR) is 133 cm³/mol. The normalized spacial score (nSPS) is 18.2. The van der Waals surface area contributed by atoms with Gasteiger partial charge in [-0.2, -0.15) is 5.10 Å². The first-order valence-corrected chi connectivity index (χ1v) is 11.9. The van der Waals surface area contributed by atoms with Gasteiger partial charge in [0.15, 0.2) is 0 Å². The zero-order valence-electron chi connectivity index (χ0n) is 20.6. The van der Waals surface area contributed by atoms with E-state index in [0.717, 1.165) is 5.56 Å². The Morgan fingerprint density at radius 2 is 1.89 bits per heavy atom. The van der Waals surface area contributed by atoms with Gasteiger partial charge in [0, 0.05) is 25.1 Å². The molecule has 0 spiro atoms. The molecule has 4 N–H and O–H groups in total. The summed E-state index contributed by atoms with van der Waals surface area (Å²) in [5.74, 6) is -1.50. The summed E-state index contributed by atoms with van der Waals surface area (Å²) in [7, 11) is -1.71. The zero-order chi connectivity index (χ0) is 25.6. The summed E-state index contributed by atoms with van der Waals surface area (Å²) in [5.41, 5.74) is 0.436. The number of carbonyl (C=O) groups excluding carboxylic acids is 2. The molecular weight excluding hydrogens is 449 g/mol. The number of hydrogen-bond acceptors (Lipinski definition) is 7. The van der Waals surface area contributed by atoms with Crippen molar-refractivity contribution in [3.8, 4) is 0 Å². The summed E-state index contributed by atoms with van der Waals surface area (Å²) in [6.45, 7) is 7.84. The van der Waals surface area contributed by atoms with E-state index in [9.17, 15) is 19.6 Å². The van der Waals surface area contributed by atoms with Crippen molar-refractivity contribution < 1.29 is 24.5 Å². The number of nitrogens with zero attached hydrogens (tertiary/aromatic N) is 3. The number of nitrogens with one attached hydrogen (secondary N) is 2. The number of carbonyl (C=O) groups is 2. The van der Waals surface area contributed by atoms with E-state index in [1.807, 2.05) is 58.0 Å². The first-order valence-electron chi connectivity index (χ1n) is 11.9. The van der Waals surface area contributed by atoms with Crippen molar-refractivity contribution in [1.29, 1.82) is 0 Å². The van der Waals surface area contributed by atoms with E-state index in [2.05, 4.69) is 20.9 Å². The van der Waals surface area contributed by atoms with E-state index in [0.29, 0.717) is 17.8 Å². The molecule has 188 valence electrons. The summed E-state index contributed by atoms with van der Waals surface area (Å²) in [6.07, 6.45) is 2.34. The van der Waals surface area contributed by atoms with Crippen LogP contribution in [0.2, 0.25) is 0 Å². The summed E-state index contributed by atoms with van der Waals surface area (Å²) in [6, 6.07) is 11.1. The highest BCUT2D eigenvalue weighted by Crippen LogP contribution is 2.29. The molecule has 0 aliphatic carbocycles. The number of oxime groups is 1. The van der Waals surface area contributed by atoms with Gasteiger partial charge in [0.05, 0.1) is 18.2 Å². The van der Waals surface area contributed by atoms with Crippen LogP contribution in [0.3, 0.4) is 0 Å². The third kappa shape index (κ3) is 6.70. The number of amides is 2. The minimum Gasteiger partial charge on any atom is -0.426 e. The second-order valence-corrected chi connectivity index (χ2v) is 9.64. The highest BCUT2D eigenvalue weighted by atomic mass is 16.7. The lowest BCUT2D eigenvalue weighted by molar-refractivity contribution is -0.144. The third-order valence-electron chi connectivity index (χ3n) is 5.83. The largest absolute Gasteiger partial charge is 0.475 e. The number of benzene rings is 1. The van der Waals surface area contributed by atoms with E-state index >= 15 is 0 Å². The predicted octanol–water partition coefficient (Wildman–Crippen LogP) is 1.49. The van der Waals surface area contributed by atoms with Crippen molar-refractivity contribution in [2.24, 2.45) is 11.1 Å². The van der Waals surface area contributed by atoms with Gasteiger partial charge in [0.2, 0.25) is 5.60 Å². The highest BCUT2D eigenvalue weighted by molar-refractivity contribution is 6.43. The average Bonchev–Trinajstić information content (AvgIpc) is 3.46. The van der Waals surface area contributed by atoms with Gasteiger partial charge >= 0.3 is 7.12 Å². The maximum atomic E-state index is 13.4.